The van der Waals surface area contributed by atoms with Crippen LogP contribution in [0.5, 0.6) is 11.5 Å². The summed E-state index contributed by atoms with van der Waals surface area (Å²) in [6, 6.07) is 10.6. The van der Waals surface area contributed by atoms with E-state index in [2.05, 4.69) is 0 Å². The first-order chi connectivity index (χ1) is 14.4. The number of nitrogens with zero attached hydrogens (tertiary/aromatic N) is 1. The highest BCUT2D eigenvalue weighted by molar-refractivity contribution is 6.46. The van der Waals surface area contributed by atoms with Crippen LogP contribution in [0.15, 0.2) is 48.0 Å². The van der Waals surface area contributed by atoms with Crippen LogP contribution in [0.4, 0.5) is 0 Å². The summed E-state index contributed by atoms with van der Waals surface area (Å²) in [6.07, 6.45) is 0.541. The zero-order valence-electron chi connectivity index (χ0n) is 17.2. The van der Waals surface area contributed by atoms with E-state index < -0.39 is 17.7 Å². The van der Waals surface area contributed by atoms with E-state index in [1.807, 2.05) is 6.92 Å². The highest BCUT2D eigenvalue weighted by Gasteiger charge is 2.45. The third-order valence-electron chi connectivity index (χ3n) is 5.16. The highest BCUT2D eigenvalue weighted by Crippen LogP contribution is 2.40. The van der Waals surface area contributed by atoms with Crippen molar-refractivity contribution in [2.24, 2.45) is 0 Å². The van der Waals surface area contributed by atoms with Crippen molar-refractivity contribution in [1.29, 1.82) is 0 Å². The Morgan fingerprint density at radius 3 is 2.40 bits per heavy atom. The van der Waals surface area contributed by atoms with Gasteiger partial charge in [0, 0.05) is 25.8 Å². The lowest BCUT2D eigenvalue weighted by Crippen LogP contribution is -2.31. The number of likely N-dealkylation sites (tertiary alicyclic amines) is 1. The first-order valence-electron chi connectivity index (χ1n) is 9.60. The third-order valence-corrected chi connectivity index (χ3v) is 5.16. The molecule has 0 bridgehead atoms. The standard InChI is InChI=1S/C23H25NO6/c1-14-13-16(7-10-18(14)30-3)21(26)19-20(15-5-8-17(25)9-6-15)24(11-4-12-29-2)23(28)22(19)27/h5-10,13,20,25-26H,4,11-12H2,1-3H3. The molecule has 1 aliphatic rings. The number of aliphatic hydroxyl groups is 1. The summed E-state index contributed by atoms with van der Waals surface area (Å²) in [5.74, 6) is -0.929. The van der Waals surface area contributed by atoms with Gasteiger partial charge in [-0.05, 0) is 54.8 Å². The van der Waals surface area contributed by atoms with Gasteiger partial charge < -0.3 is 24.6 Å². The number of methoxy groups -OCH3 is 2. The van der Waals surface area contributed by atoms with Crippen LogP contribution in [0.25, 0.3) is 5.76 Å². The molecule has 2 N–H and O–H groups in total. The molecule has 0 aromatic heterocycles. The fraction of sp³-hybridized carbons (Fsp3) is 0.304. The Hall–Kier alpha value is -3.32. The summed E-state index contributed by atoms with van der Waals surface area (Å²) >= 11 is 0. The zero-order chi connectivity index (χ0) is 21.8. The maximum Gasteiger partial charge on any atom is 0.295 e. The molecule has 0 radical (unpaired) electrons. The van der Waals surface area contributed by atoms with E-state index in [1.54, 1.807) is 44.6 Å². The molecule has 2 aromatic carbocycles. The second kappa shape index (κ2) is 9.00. The van der Waals surface area contributed by atoms with Crippen molar-refractivity contribution in [3.8, 4) is 11.5 Å². The predicted octanol–water partition coefficient (Wildman–Crippen LogP) is 3.17. The smallest absolute Gasteiger partial charge is 0.295 e. The number of hydrogen-bond donors (Lipinski definition) is 2. The van der Waals surface area contributed by atoms with Crippen molar-refractivity contribution >= 4 is 17.4 Å². The molecule has 1 fully saturated rings. The molecule has 1 atom stereocenters. The number of aromatic hydroxyl groups is 1. The number of benzene rings is 2. The number of ketones is 1. The van der Waals surface area contributed by atoms with Gasteiger partial charge in [0.1, 0.15) is 17.3 Å². The second-order valence-electron chi connectivity index (χ2n) is 7.11. The summed E-state index contributed by atoms with van der Waals surface area (Å²) in [7, 11) is 3.12. The van der Waals surface area contributed by atoms with Crippen LogP contribution >= 0.6 is 0 Å². The summed E-state index contributed by atoms with van der Waals surface area (Å²) in [5, 5.41) is 20.7. The average Bonchev–Trinajstić information content (AvgIpc) is 2.99. The number of rotatable bonds is 7. The van der Waals surface area contributed by atoms with Gasteiger partial charge in [-0.3, -0.25) is 9.59 Å². The lowest BCUT2D eigenvalue weighted by molar-refractivity contribution is -0.140. The minimum absolute atomic E-state index is 0.0210. The molecule has 7 heteroatoms. The van der Waals surface area contributed by atoms with Crippen LogP contribution in [0.2, 0.25) is 0 Å². The van der Waals surface area contributed by atoms with E-state index in [4.69, 9.17) is 9.47 Å². The SMILES string of the molecule is COCCCN1C(=O)C(=O)C(=C(O)c2ccc(OC)c(C)c2)C1c1ccc(O)cc1. The number of carbonyl (C=O) groups is 2. The van der Waals surface area contributed by atoms with E-state index >= 15 is 0 Å². The van der Waals surface area contributed by atoms with Gasteiger partial charge in [0.15, 0.2) is 0 Å². The Bertz CT molecular complexity index is 980. The molecule has 0 saturated carbocycles. The highest BCUT2D eigenvalue weighted by atomic mass is 16.5. The molecular formula is C23H25NO6. The minimum Gasteiger partial charge on any atom is -0.508 e. The molecule has 2 aromatic rings. The van der Waals surface area contributed by atoms with Crippen molar-refractivity contribution in [1.82, 2.24) is 4.90 Å². The fourth-order valence-corrected chi connectivity index (χ4v) is 3.67. The van der Waals surface area contributed by atoms with E-state index in [1.165, 1.54) is 17.0 Å². The average molecular weight is 411 g/mol. The number of ether oxygens (including phenoxy) is 2. The van der Waals surface area contributed by atoms with E-state index in [-0.39, 0.29) is 17.1 Å². The molecule has 1 aliphatic heterocycles. The van der Waals surface area contributed by atoms with Gasteiger partial charge >= 0.3 is 0 Å². The monoisotopic (exact) mass is 411 g/mol. The Morgan fingerprint density at radius 2 is 1.80 bits per heavy atom. The Balaban J connectivity index is 2.12. The van der Waals surface area contributed by atoms with Gasteiger partial charge in [0.2, 0.25) is 0 Å². The molecule has 1 amide bonds. The van der Waals surface area contributed by atoms with Gasteiger partial charge in [-0.2, -0.15) is 0 Å². The zero-order valence-corrected chi connectivity index (χ0v) is 17.2. The van der Waals surface area contributed by atoms with Crippen molar-refractivity contribution in [3.63, 3.8) is 0 Å². The Kier molecular flexibility index (Phi) is 6.42. The number of phenols is 1. The second-order valence-corrected chi connectivity index (χ2v) is 7.11. The quantitative estimate of drug-likeness (QED) is 0.314. The number of carbonyl (C=O) groups excluding carboxylic acids is 2. The molecule has 30 heavy (non-hydrogen) atoms. The van der Waals surface area contributed by atoms with Crippen LogP contribution in [-0.2, 0) is 14.3 Å². The predicted molar refractivity (Wildman–Crippen MR) is 111 cm³/mol. The molecule has 0 aliphatic carbocycles. The van der Waals surface area contributed by atoms with Crippen LogP contribution in [0.3, 0.4) is 0 Å². The van der Waals surface area contributed by atoms with Gasteiger partial charge in [-0.25, -0.2) is 0 Å². The maximum atomic E-state index is 12.9. The number of Topliss-reactive ketones (excluding diaryl/α,β-unsaturated/α-hetero) is 1. The Morgan fingerprint density at radius 1 is 1.10 bits per heavy atom. The molecule has 0 spiro atoms. The number of aliphatic hydroxyl groups excluding tert-OH is 1. The Labute approximate surface area is 175 Å². The largest absolute Gasteiger partial charge is 0.508 e. The van der Waals surface area contributed by atoms with Crippen LogP contribution in [0.1, 0.15) is 29.2 Å². The summed E-state index contributed by atoms with van der Waals surface area (Å²) in [5.41, 5.74) is 1.85. The summed E-state index contributed by atoms with van der Waals surface area (Å²) in [4.78, 5) is 27.1. The number of amides is 1. The first-order valence-corrected chi connectivity index (χ1v) is 9.60. The molecular weight excluding hydrogens is 386 g/mol. The van der Waals surface area contributed by atoms with Gasteiger partial charge in [-0.1, -0.05) is 12.1 Å². The molecule has 1 saturated heterocycles. The number of phenolic OH excluding ortho intramolecular Hbond substituents is 1. The molecule has 1 heterocycles. The topological polar surface area (TPSA) is 96.3 Å². The molecule has 7 nitrogen and oxygen atoms in total. The number of aryl methyl sites for hydroxylation is 1. The van der Waals surface area contributed by atoms with Crippen molar-refractivity contribution in [2.75, 3.05) is 27.4 Å². The van der Waals surface area contributed by atoms with Gasteiger partial charge in [0.05, 0.1) is 18.7 Å². The first kappa shape index (κ1) is 21.4. The van der Waals surface area contributed by atoms with E-state index in [9.17, 15) is 19.8 Å². The summed E-state index contributed by atoms with van der Waals surface area (Å²) < 4.78 is 10.3. The minimum atomic E-state index is -0.759. The van der Waals surface area contributed by atoms with Crippen molar-refractivity contribution in [3.05, 3.63) is 64.7 Å². The van der Waals surface area contributed by atoms with Gasteiger partial charge in [-0.15, -0.1) is 0 Å². The third kappa shape index (κ3) is 4.02. The number of hydrogen-bond acceptors (Lipinski definition) is 6. The summed E-state index contributed by atoms with van der Waals surface area (Å²) in [6.45, 7) is 2.56. The van der Waals surface area contributed by atoms with Crippen LogP contribution in [-0.4, -0.2) is 54.2 Å². The lowest BCUT2D eigenvalue weighted by atomic mass is 9.94. The van der Waals surface area contributed by atoms with Crippen molar-refractivity contribution in [2.45, 2.75) is 19.4 Å². The molecule has 158 valence electrons. The lowest BCUT2D eigenvalue weighted by Gasteiger charge is -2.25. The normalized spacial score (nSPS) is 18.1. The van der Waals surface area contributed by atoms with Crippen LogP contribution < -0.4 is 4.74 Å². The maximum absolute atomic E-state index is 12.9. The fourth-order valence-electron chi connectivity index (χ4n) is 3.67. The van der Waals surface area contributed by atoms with E-state index in [0.29, 0.717) is 36.4 Å². The molecule has 3 rings (SSSR count). The van der Waals surface area contributed by atoms with Crippen molar-refractivity contribution < 1.29 is 29.3 Å². The van der Waals surface area contributed by atoms with Gasteiger partial charge in [0.25, 0.3) is 11.7 Å². The van der Waals surface area contributed by atoms with Crippen LogP contribution in [0, 0.1) is 6.92 Å². The molecule has 1 unspecified atom stereocenters. The van der Waals surface area contributed by atoms with E-state index in [0.717, 1.165) is 5.56 Å².